The number of benzene rings is 2. The van der Waals surface area contributed by atoms with Crippen molar-refractivity contribution in [2.75, 3.05) is 25.0 Å². The third kappa shape index (κ3) is 3.95. The summed E-state index contributed by atoms with van der Waals surface area (Å²) >= 11 is 0. The highest BCUT2D eigenvalue weighted by Gasteiger charge is 2.25. The number of para-hydroxylation sites is 1. The van der Waals surface area contributed by atoms with Crippen molar-refractivity contribution in [2.24, 2.45) is 5.92 Å². The molecule has 0 aliphatic carbocycles. The van der Waals surface area contributed by atoms with Gasteiger partial charge in [0.25, 0.3) is 0 Å². The minimum absolute atomic E-state index is 0.128. The molecule has 0 spiro atoms. The Morgan fingerprint density at radius 3 is 2.62 bits per heavy atom. The standard InChI is InChI=1S/C20H20N2O2/c23-15-17-12-13-22(14-17)20(24)21-19-9-5-4-8-18(19)11-10-16-6-2-1-3-7-16/h1-9,17,23H,12-15H2,(H,21,24). The maximum absolute atomic E-state index is 12.4. The number of aliphatic hydroxyl groups excluding tert-OH is 1. The summed E-state index contributed by atoms with van der Waals surface area (Å²) in [6, 6.07) is 17.1. The molecule has 122 valence electrons. The van der Waals surface area contributed by atoms with E-state index in [4.69, 9.17) is 0 Å². The predicted octanol–water partition coefficient (Wildman–Crippen LogP) is 2.93. The third-order valence-corrected chi connectivity index (χ3v) is 4.12. The molecule has 4 nitrogen and oxygen atoms in total. The van der Waals surface area contributed by atoms with Crippen molar-refractivity contribution in [3.05, 3.63) is 65.7 Å². The molecule has 0 saturated carbocycles. The normalized spacial score (nSPS) is 16.4. The smallest absolute Gasteiger partial charge is 0.321 e. The molecule has 2 N–H and O–H groups in total. The first-order chi connectivity index (χ1) is 11.8. The van der Waals surface area contributed by atoms with E-state index in [2.05, 4.69) is 17.2 Å². The van der Waals surface area contributed by atoms with Crippen LogP contribution in [0.15, 0.2) is 54.6 Å². The molecule has 24 heavy (non-hydrogen) atoms. The van der Waals surface area contributed by atoms with E-state index in [0.29, 0.717) is 18.8 Å². The second kappa shape index (κ2) is 7.67. The molecule has 0 radical (unpaired) electrons. The first kappa shape index (κ1) is 16.1. The van der Waals surface area contributed by atoms with Crippen molar-refractivity contribution in [3.63, 3.8) is 0 Å². The van der Waals surface area contributed by atoms with Gasteiger partial charge in [-0.15, -0.1) is 0 Å². The largest absolute Gasteiger partial charge is 0.396 e. The molecule has 3 rings (SSSR count). The van der Waals surface area contributed by atoms with Crippen LogP contribution in [0.2, 0.25) is 0 Å². The number of nitrogens with zero attached hydrogens (tertiary/aromatic N) is 1. The van der Waals surface area contributed by atoms with Gasteiger partial charge < -0.3 is 15.3 Å². The number of amides is 2. The lowest BCUT2D eigenvalue weighted by Gasteiger charge is -2.17. The Morgan fingerprint density at radius 2 is 1.88 bits per heavy atom. The van der Waals surface area contributed by atoms with Crippen LogP contribution in [0.5, 0.6) is 0 Å². The Bertz CT molecular complexity index is 762. The van der Waals surface area contributed by atoms with Crippen LogP contribution in [0, 0.1) is 17.8 Å². The Morgan fingerprint density at radius 1 is 1.12 bits per heavy atom. The molecule has 1 saturated heterocycles. The molecular weight excluding hydrogens is 300 g/mol. The first-order valence-electron chi connectivity index (χ1n) is 8.09. The van der Waals surface area contributed by atoms with Gasteiger partial charge in [-0.2, -0.15) is 0 Å². The van der Waals surface area contributed by atoms with Crippen LogP contribution in [0.1, 0.15) is 17.5 Å². The summed E-state index contributed by atoms with van der Waals surface area (Å²) in [6.07, 6.45) is 0.847. The molecule has 2 aromatic carbocycles. The van der Waals surface area contributed by atoms with Crippen molar-refractivity contribution in [1.82, 2.24) is 4.90 Å². The number of rotatable bonds is 2. The number of hydrogen-bond acceptors (Lipinski definition) is 2. The van der Waals surface area contributed by atoms with Gasteiger partial charge in [-0.1, -0.05) is 42.2 Å². The summed E-state index contributed by atoms with van der Waals surface area (Å²) < 4.78 is 0. The summed E-state index contributed by atoms with van der Waals surface area (Å²) in [7, 11) is 0. The highest BCUT2D eigenvalue weighted by Crippen LogP contribution is 2.19. The minimum atomic E-state index is -0.139. The van der Waals surface area contributed by atoms with Gasteiger partial charge in [-0.25, -0.2) is 4.79 Å². The van der Waals surface area contributed by atoms with E-state index in [1.165, 1.54) is 0 Å². The Kier molecular flexibility index (Phi) is 5.15. The average molecular weight is 320 g/mol. The van der Waals surface area contributed by atoms with E-state index in [9.17, 15) is 9.90 Å². The van der Waals surface area contributed by atoms with Gasteiger partial charge in [0, 0.05) is 36.7 Å². The van der Waals surface area contributed by atoms with Gasteiger partial charge in [0.1, 0.15) is 0 Å². The fraction of sp³-hybridized carbons (Fsp3) is 0.250. The van der Waals surface area contributed by atoms with E-state index in [-0.39, 0.29) is 18.6 Å². The number of likely N-dealkylation sites (tertiary alicyclic amines) is 1. The number of anilines is 1. The topological polar surface area (TPSA) is 52.6 Å². The minimum Gasteiger partial charge on any atom is -0.396 e. The maximum Gasteiger partial charge on any atom is 0.321 e. The van der Waals surface area contributed by atoms with Crippen LogP contribution in [0.4, 0.5) is 10.5 Å². The lowest BCUT2D eigenvalue weighted by Crippen LogP contribution is -2.33. The summed E-state index contributed by atoms with van der Waals surface area (Å²) in [5, 5.41) is 12.1. The predicted molar refractivity (Wildman–Crippen MR) is 94.6 cm³/mol. The van der Waals surface area contributed by atoms with Crippen LogP contribution >= 0.6 is 0 Å². The van der Waals surface area contributed by atoms with Gasteiger partial charge in [0.05, 0.1) is 5.69 Å². The summed E-state index contributed by atoms with van der Waals surface area (Å²) in [5.41, 5.74) is 2.43. The zero-order chi connectivity index (χ0) is 16.8. The van der Waals surface area contributed by atoms with Crippen LogP contribution in [0.25, 0.3) is 0 Å². The van der Waals surface area contributed by atoms with E-state index in [1.54, 1.807) is 4.90 Å². The number of carbonyl (C=O) groups is 1. The van der Waals surface area contributed by atoms with E-state index >= 15 is 0 Å². The van der Waals surface area contributed by atoms with Gasteiger partial charge in [0.2, 0.25) is 0 Å². The van der Waals surface area contributed by atoms with Crippen molar-refractivity contribution in [2.45, 2.75) is 6.42 Å². The number of nitrogens with one attached hydrogen (secondary N) is 1. The number of carbonyl (C=O) groups excluding carboxylic acids is 1. The van der Waals surface area contributed by atoms with Gasteiger partial charge in [-0.3, -0.25) is 0 Å². The Labute approximate surface area is 142 Å². The highest BCUT2D eigenvalue weighted by molar-refractivity contribution is 5.91. The Balaban J connectivity index is 1.73. The molecule has 1 fully saturated rings. The van der Waals surface area contributed by atoms with Gasteiger partial charge in [-0.05, 0) is 30.7 Å². The third-order valence-electron chi connectivity index (χ3n) is 4.12. The number of hydrogen-bond donors (Lipinski definition) is 2. The van der Waals surface area contributed by atoms with Gasteiger partial charge >= 0.3 is 6.03 Å². The monoisotopic (exact) mass is 320 g/mol. The molecule has 1 heterocycles. The molecule has 0 aromatic heterocycles. The van der Waals surface area contributed by atoms with Crippen LogP contribution in [-0.2, 0) is 0 Å². The van der Waals surface area contributed by atoms with Crippen LogP contribution < -0.4 is 5.32 Å². The zero-order valence-corrected chi connectivity index (χ0v) is 13.4. The lowest BCUT2D eigenvalue weighted by atomic mass is 10.1. The van der Waals surface area contributed by atoms with E-state index in [1.807, 2.05) is 54.6 Å². The van der Waals surface area contributed by atoms with Crippen molar-refractivity contribution in [1.29, 1.82) is 0 Å². The molecule has 4 heteroatoms. The molecular formula is C20H20N2O2. The Hall–Kier alpha value is -2.77. The maximum atomic E-state index is 12.4. The first-order valence-corrected chi connectivity index (χ1v) is 8.09. The SMILES string of the molecule is O=C(Nc1ccccc1C#Cc1ccccc1)N1CCC(CO)C1. The highest BCUT2D eigenvalue weighted by atomic mass is 16.3. The number of aliphatic hydroxyl groups is 1. The molecule has 0 bridgehead atoms. The van der Waals surface area contributed by atoms with Crippen molar-refractivity contribution in [3.8, 4) is 11.8 Å². The molecule has 1 unspecified atom stereocenters. The van der Waals surface area contributed by atoms with E-state index < -0.39 is 0 Å². The fourth-order valence-corrected chi connectivity index (χ4v) is 2.72. The van der Waals surface area contributed by atoms with Crippen molar-refractivity contribution < 1.29 is 9.90 Å². The van der Waals surface area contributed by atoms with Crippen LogP contribution in [0.3, 0.4) is 0 Å². The quantitative estimate of drug-likeness (QED) is 0.836. The zero-order valence-electron chi connectivity index (χ0n) is 13.4. The molecule has 2 amide bonds. The molecule has 1 atom stereocenters. The van der Waals surface area contributed by atoms with E-state index in [0.717, 1.165) is 17.5 Å². The van der Waals surface area contributed by atoms with Gasteiger partial charge in [0.15, 0.2) is 0 Å². The van der Waals surface area contributed by atoms with Crippen molar-refractivity contribution >= 4 is 11.7 Å². The fourth-order valence-electron chi connectivity index (χ4n) is 2.72. The summed E-state index contributed by atoms with van der Waals surface area (Å²) in [4.78, 5) is 14.1. The number of urea groups is 1. The lowest BCUT2D eigenvalue weighted by molar-refractivity contribution is 0.209. The summed E-state index contributed by atoms with van der Waals surface area (Å²) in [6.45, 7) is 1.40. The summed E-state index contributed by atoms with van der Waals surface area (Å²) in [5.74, 6) is 6.42. The second-order valence-corrected chi connectivity index (χ2v) is 5.88. The second-order valence-electron chi connectivity index (χ2n) is 5.88. The molecule has 1 aliphatic heterocycles. The molecule has 2 aromatic rings. The molecule has 1 aliphatic rings. The average Bonchev–Trinajstić information content (AvgIpc) is 3.11. The van der Waals surface area contributed by atoms with Crippen LogP contribution in [-0.4, -0.2) is 35.7 Å².